The van der Waals surface area contributed by atoms with E-state index in [9.17, 15) is 26.4 Å². The van der Waals surface area contributed by atoms with Gasteiger partial charge < -0.3 is 10.4 Å². The summed E-state index contributed by atoms with van der Waals surface area (Å²) < 4.78 is 59.6. The Morgan fingerprint density at radius 2 is 1.81 bits per heavy atom. The van der Waals surface area contributed by atoms with E-state index in [1.807, 2.05) is 0 Å². The summed E-state index contributed by atoms with van der Waals surface area (Å²) in [5, 5.41) is 10.9. The molecule has 0 aliphatic carbocycles. The number of alkyl halides is 3. The minimum Gasteiger partial charge on any atom is -0.481 e. The van der Waals surface area contributed by atoms with Crippen LogP contribution >= 0.6 is 0 Å². The van der Waals surface area contributed by atoms with Crippen LogP contribution in [0.1, 0.15) is 5.56 Å². The van der Waals surface area contributed by atoms with Gasteiger partial charge in [-0.2, -0.15) is 13.2 Å². The molecule has 0 fully saturated rings. The fraction of sp³-hybridized carbons (Fsp3) is 0.417. The van der Waals surface area contributed by atoms with Gasteiger partial charge in [0, 0.05) is 19.3 Å². The SMILES string of the molecule is CS(=O)(=O)c1ccc(CNCC(C(=O)O)C(F)(F)F)cc1. The second kappa shape index (κ2) is 6.44. The molecule has 0 bridgehead atoms. The second-order valence-electron chi connectivity index (χ2n) is 4.48. The van der Waals surface area contributed by atoms with E-state index in [-0.39, 0.29) is 11.4 Å². The zero-order chi connectivity index (χ0) is 16.3. The van der Waals surface area contributed by atoms with Gasteiger partial charge in [-0.05, 0) is 17.7 Å². The van der Waals surface area contributed by atoms with E-state index in [4.69, 9.17) is 5.11 Å². The molecule has 0 saturated carbocycles. The van der Waals surface area contributed by atoms with Gasteiger partial charge in [-0.15, -0.1) is 0 Å². The molecule has 0 heterocycles. The molecule has 5 nitrogen and oxygen atoms in total. The Kier molecular flexibility index (Phi) is 5.35. The number of hydrogen-bond donors (Lipinski definition) is 2. The van der Waals surface area contributed by atoms with Gasteiger partial charge in [-0.25, -0.2) is 8.42 Å². The first-order chi connectivity index (χ1) is 9.51. The van der Waals surface area contributed by atoms with Crippen molar-refractivity contribution in [3.8, 4) is 0 Å². The molecule has 0 aliphatic rings. The predicted molar refractivity (Wildman–Crippen MR) is 68.4 cm³/mol. The second-order valence-corrected chi connectivity index (χ2v) is 6.50. The van der Waals surface area contributed by atoms with E-state index in [1.165, 1.54) is 24.3 Å². The number of sulfone groups is 1. The number of carboxylic acid groups (broad SMARTS) is 1. The Labute approximate surface area is 119 Å². The molecule has 21 heavy (non-hydrogen) atoms. The molecule has 1 rings (SSSR count). The van der Waals surface area contributed by atoms with E-state index in [0.717, 1.165) is 6.26 Å². The lowest BCUT2D eigenvalue weighted by Crippen LogP contribution is -2.38. The molecule has 0 amide bonds. The summed E-state index contributed by atoms with van der Waals surface area (Å²) >= 11 is 0. The standard InChI is InChI=1S/C12H14F3NO4S/c1-21(19,20)9-4-2-8(3-5-9)6-16-7-10(11(17)18)12(13,14)15/h2-5,10,16H,6-7H2,1H3,(H,17,18). The summed E-state index contributed by atoms with van der Waals surface area (Å²) in [7, 11) is -3.33. The third-order valence-corrected chi connectivity index (χ3v) is 3.85. The molecule has 118 valence electrons. The van der Waals surface area contributed by atoms with Crippen molar-refractivity contribution in [3.63, 3.8) is 0 Å². The maximum atomic E-state index is 12.4. The van der Waals surface area contributed by atoms with Crippen LogP contribution in [0.3, 0.4) is 0 Å². The monoisotopic (exact) mass is 325 g/mol. The number of carboxylic acids is 1. The van der Waals surface area contributed by atoms with Crippen LogP contribution < -0.4 is 5.32 Å². The number of aliphatic carboxylic acids is 1. The van der Waals surface area contributed by atoms with Crippen LogP contribution in [0.25, 0.3) is 0 Å². The van der Waals surface area contributed by atoms with Crippen LogP contribution in [0.15, 0.2) is 29.2 Å². The minimum absolute atomic E-state index is 0.00387. The maximum Gasteiger partial charge on any atom is 0.403 e. The first-order valence-corrected chi connectivity index (χ1v) is 7.70. The molecule has 2 N–H and O–H groups in total. The van der Waals surface area contributed by atoms with Crippen molar-refractivity contribution in [2.75, 3.05) is 12.8 Å². The first kappa shape index (κ1) is 17.4. The average molecular weight is 325 g/mol. The van der Waals surface area contributed by atoms with Crippen LogP contribution in [0.2, 0.25) is 0 Å². The van der Waals surface area contributed by atoms with Crippen molar-refractivity contribution in [2.45, 2.75) is 17.6 Å². The van der Waals surface area contributed by atoms with Crippen LogP contribution in [0, 0.1) is 5.92 Å². The topological polar surface area (TPSA) is 83.5 Å². The summed E-state index contributed by atoms with van der Waals surface area (Å²) in [5.74, 6) is -4.42. The molecule has 0 aliphatic heterocycles. The zero-order valence-electron chi connectivity index (χ0n) is 11.0. The highest BCUT2D eigenvalue weighted by atomic mass is 32.2. The molecule has 9 heteroatoms. The molecule has 0 aromatic heterocycles. The Bertz CT molecular complexity index is 596. The molecular formula is C12H14F3NO4S. The normalized spacial score (nSPS) is 13.9. The van der Waals surface area contributed by atoms with Gasteiger partial charge in [0.2, 0.25) is 0 Å². The molecule has 1 atom stereocenters. The fourth-order valence-corrected chi connectivity index (χ4v) is 2.19. The zero-order valence-corrected chi connectivity index (χ0v) is 11.8. The number of halogens is 3. The smallest absolute Gasteiger partial charge is 0.403 e. The summed E-state index contributed by atoms with van der Waals surface area (Å²) in [6.07, 6.45) is -3.78. The van der Waals surface area contributed by atoms with Gasteiger partial charge >= 0.3 is 12.1 Å². The van der Waals surface area contributed by atoms with Gasteiger partial charge in [0.05, 0.1) is 4.90 Å². The van der Waals surface area contributed by atoms with E-state index in [1.54, 1.807) is 0 Å². The maximum absolute atomic E-state index is 12.4. The van der Waals surface area contributed by atoms with Crippen molar-refractivity contribution in [3.05, 3.63) is 29.8 Å². The van der Waals surface area contributed by atoms with Gasteiger partial charge in [-0.3, -0.25) is 4.79 Å². The highest BCUT2D eigenvalue weighted by Gasteiger charge is 2.44. The van der Waals surface area contributed by atoms with Gasteiger partial charge in [0.15, 0.2) is 15.8 Å². The summed E-state index contributed by atoms with van der Waals surface area (Å²) in [5.41, 5.74) is 0.550. The average Bonchev–Trinajstić information content (AvgIpc) is 2.32. The molecule has 0 saturated heterocycles. The number of carbonyl (C=O) groups is 1. The van der Waals surface area contributed by atoms with Crippen molar-refractivity contribution in [2.24, 2.45) is 5.92 Å². The Morgan fingerprint density at radius 3 is 2.19 bits per heavy atom. The lowest BCUT2D eigenvalue weighted by Gasteiger charge is -2.16. The summed E-state index contributed by atoms with van der Waals surface area (Å²) in [6, 6.07) is 5.58. The largest absolute Gasteiger partial charge is 0.481 e. The highest BCUT2D eigenvalue weighted by Crippen LogP contribution is 2.25. The van der Waals surface area contributed by atoms with Crippen LogP contribution in [-0.2, 0) is 21.2 Å². The van der Waals surface area contributed by atoms with E-state index < -0.39 is 34.4 Å². The minimum atomic E-state index is -4.82. The van der Waals surface area contributed by atoms with E-state index in [0.29, 0.717) is 5.56 Å². The lowest BCUT2D eigenvalue weighted by atomic mass is 10.1. The third kappa shape index (κ3) is 5.35. The van der Waals surface area contributed by atoms with Crippen molar-refractivity contribution < 1.29 is 31.5 Å². The quantitative estimate of drug-likeness (QED) is 0.827. The Hall–Kier alpha value is -1.61. The van der Waals surface area contributed by atoms with Crippen molar-refractivity contribution >= 4 is 15.8 Å². The third-order valence-electron chi connectivity index (χ3n) is 2.72. The molecule has 1 aromatic carbocycles. The van der Waals surface area contributed by atoms with Crippen LogP contribution in [0.4, 0.5) is 13.2 Å². The van der Waals surface area contributed by atoms with E-state index in [2.05, 4.69) is 5.32 Å². The molecule has 0 radical (unpaired) electrons. The number of hydrogen-bond acceptors (Lipinski definition) is 4. The lowest BCUT2D eigenvalue weighted by molar-refractivity contribution is -0.192. The van der Waals surface area contributed by atoms with Crippen molar-refractivity contribution in [1.29, 1.82) is 0 Å². The molecular weight excluding hydrogens is 311 g/mol. The number of benzene rings is 1. The van der Waals surface area contributed by atoms with Gasteiger partial charge in [0.25, 0.3) is 0 Å². The fourth-order valence-electron chi connectivity index (χ4n) is 1.56. The predicted octanol–water partition coefficient (Wildman–Crippen LogP) is 1.44. The first-order valence-electron chi connectivity index (χ1n) is 5.81. The number of rotatable bonds is 6. The Balaban J connectivity index is 2.62. The summed E-state index contributed by atoms with van der Waals surface area (Å²) in [6.45, 7) is -0.753. The van der Waals surface area contributed by atoms with Crippen molar-refractivity contribution in [1.82, 2.24) is 5.32 Å². The molecule has 1 unspecified atom stereocenters. The molecule has 1 aromatic rings. The summed E-state index contributed by atoms with van der Waals surface area (Å²) in [4.78, 5) is 10.6. The van der Waals surface area contributed by atoms with Gasteiger partial charge in [-0.1, -0.05) is 12.1 Å². The highest BCUT2D eigenvalue weighted by molar-refractivity contribution is 7.90. The number of nitrogens with one attached hydrogen (secondary N) is 1. The van der Waals surface area contributed by atoms with Crippen LogP contribution in [-0.4, -0.2) is 38.5 Å². The van der Waals surface area contributed by atoms with Gasteiger partial charge in [0.1, 0.15) is 0 Å². The Morgan fingerprint density at radius 1 is 1.29 bits per heavy atom. The molecule has 0 spiro atoms. The van der Waals surface area contributed by atoms with Crippen LogP contribution in [0.5, 0.6) is 0 Å². The van der Waals surface area contributed by atoms with E-state index >= 15 is 0 Å².